The molecule has 2 rings (SSSR count). The van der Waals surface area contributed by atoms with Gasteiger partial charge in [0.05, 0.1) is 14.2 Å². The van der Waals surface area contributed by atoms with Crippen molar-refractivity contribution in [1.82, 2.24) is 0 Å². The first-order valence-corrected chi connectivity index (χ1v) is 7.32. The van der Waals surface area contributed by atoms with Gasteiger partial charge in [-0.05, 0) is 37.6 Å². The third kappa shape index (κ3) is 4.13. The van der Waals surface area contributed by atoms with E-state index in [9.17, 15) is 4.79 Å². The molecule has 4 nitrogen and oxygen atoms in total. The molecule has 0 fully saturated rings. The van der Waals surface area contributed by atoms with E-state index in [0.29, 0.717) is 11.5 Å². The van der Waals surface area contributed by atoms with Crippen molar-refractivity contribution in [2.45, 2.75) is 13.8 Å². The lowest BCUT2D eigenvalue weighted by molar-refractivity contribution is 0.104. The summed E-state index contributed by atoms with van der Waals surface area (Å²) in [6.07, 6.45) is 3.16. The van der Waals surface area contributed by atoms with Crippen LogP contribution >= 0.6 is 0 Å². The smallest absolute Gasteiger partial charge is 0.187 e. The average Bonchev–Trinajstić information content (AvgIpc) is 2.56. The zero-order valence-electron chi connectivity index (χ0n) is 13.8. The van der Waals surface area contributed by atoms with Gasteiger partial charge in [0.15, 0.2) is 17.3 Å². The number of carbonyl (C=O) groups excluding carboxylic acids is 1. The van der Waals surface area contributed by atoms with Crippen LogP contribution in [0, 0.1) is 13.8 Å². The summed E-state index contributed by atoms with van der Waals surface area (Å²) in [7, 11) is 3.18. The van der Waals surface area contributed by atoms with Crippen molar-refractivity contribution in [3.63, 3.8) is 0 Å². The zero-order valence-corrected chi connectivity index (χ0v) is 13.8. The molecule has 23 heavy (non-hydrogen) atoms. The van der Waals surface area contributed by atoms with Gasteiger partial charge in [-0.2, -0.15) is 0 Å². The van der Waals surface area contributed by atoms with Gasteiger partial charge in [-0.25, -0.2) is 0 Å². The Balaban J connectivity index is 2.09. The Morgan fingerprint density at radius 2 is 1.74 bits per heavy atom. The second kappa shape index (κ2) is 7.49. The molecule has 2 aromatic carbocycles. The number of benzene rings is 2. The van der Waals surface area contributed by atoms with Crippen LogP contribution in [0.1, 0.15) is 21.5 Å². The van der Waals surface area contributed by atoms with Crippen molar-refractivity contribution in [3.05, 3.63) is 65.4 Å². The Morgan fingerprint density at radius 3 is 2.43 bits per heavy atom. The molecule has 0 spiro atoms. The summed E-state index contributed by atoms with van der Waals surface area (Å²) in [5.74, 6) is 1.26. The summed E-state index contributed by atoms with van der Waals surface area (Å²) >= 11 is 0. The van der Waals surface area contributed by atoms with Gasteiger partial charge in [0, 0.05) is 29.6 Å². The van der Waals surface area contributed by atoms with Crippen molar-refractivity contribution in [2.24, 2.45) is 0 Å². The highest BCUT2D eigenvalue weighted by molar-refractivity contribution is 6.05. The maximum Gasteiger partial charge on any atom is 0.187 e. The van der Waals surface area contributed by atoms with Gasteiger partial charge in [-0.15, -0.1) is 0 Å². The molecule has 1 N–H and O–H groups in total. The monoisotopic (exact) mass is 311 g/mol. The normalized spacial score (nSPS) is 10.6. The van der Waals surface area contributed by atoms with Crippen LogP contribution in [0.2, 0.25) is 0 Å². The molecule has 0 aliphatic carbocycles. The number of carbonyl (C=O) groups is 1. The van der Waals surface area contributed by atoms with E-state index >= 15 is 0 Å². The van der Waals surface area contributed by atoms with E-state index in [2.05, 4.69) is 5.32 Å². The Labute approximate surface area is 136 Å². The van der Waals surface area contributed by atoms with Crippen molar-refractivity contribution < 1.29 is 14.3 Å². The second-order valence-corrected chi connectivity index (χ2v) is 5.23. The molecule has 0 heterocycles. The van der Waals surface area contributed by atoms with Crippen molar-refractivity contribution >= 4 is 11.5 Å². The van der Waals surface area contributed by atoms with Crippen molar-refractivity contribution in [3.8, 4) is 11.5 Å². The fourth-order valence-electron chi connectivity index (χ4n) is 2.23. The van der Waals surface area contributed by atoms with Gasteiger partial charge < -0.3 is 14.8 Å². The number of ether oxygens (including phenoxy) is 2. The number of hydrogen-bond acceptors (Lipinski definition) is 4. The predicted molar refractivity (Wildman–Crippen MR) is 92.6 cm³/mol. The molecular weight excluding hydrogens is 290 g/mol. The van der Waals surface area contributed by atoms with E-state index in [1.54, 1.807) is 20.4 Å². The molecule has 0 unspecified atom stereocenters. The predicted octanol–water partition coefficient (Wildman–Crippen LogP) is 4.13. The summed E-state index contributed by atoms with van der Waals surface area (Å²) in [4.78, 5) is 12.3. The SMILES string of the molecule is COc1ccc(NC=CC(=O)c2cc(C)ccc2C)cc1OC. The third-order valence-electron chi connectivity index (χ3n) is 3.53. The first kappa shape index (κ1) is 16.6. The Kier molecular flexibility index (Phi) is 5.41. The molecular formula is C19H21NO3. The van der Waals surface area contributed by atoms with Crippen LogP contribution in [0.4, 0.5) is 5.69 Å². The largest absolute Gasteiger partial charge is 0.493 e. The van der Waals surface area contributed by atoms with Gasteiger partial charge in [0.25, 0.3) is 0 Å². The molecule has 4 heteroatoms. The highest BCUT2D eigenvalue weighted by Crippen LogP contribution is 2.29. The maximum absolute atomic E-state index is 12.3. The molecule has 0 aliphatic heterocycles. The lowest BCUT2D eigenvalue weighted by Crippen LogP contribution is -2.00. The number of ketones is 1. The van der Waals surface area contributed by atoms with Gasteiger partial charge in [-0.1, -0.05) is 17.7 Å². The second-order valence-electron chi connectivity index (χ2n) is 5.23. The lowest BCUT2D eigenvalue weighted by Gasteiger charge is -2.09. The summed E-state index contributed by atoms with van der Waals surface area (Å²) in [5.41, 5.74) is 3.57. The van der Waals surface area contributed by atoms with Crippen LogP contribution in [0.3, 0.4) is 0 Å². The molecule has 0 radical (unpaired) electrons. The van der Waals surface area contributed by atoms with E-state index < -0.39 is 0 Å². The van der Waals surface area contributed by atoms with E-state index in [1.807, 2.05) is 50.2 Å². The van der Waals surface area contributed by atoms with Gasteiger partial charge >= 0.3 is 0 Å². The minimum absolute atomic E-state index is 0.0285. The maximum atomic E-state index is 12.3. The molecule has 2 aromatic rings. The van der Waals surface area contributed by atoms with Crippen molar-refractivity contribution in [2.75, 3.05) is 19.5 Å². The number of allylic oxidation sites excluding steroid dienone is 1. The topological polar surface area (TPSA) is 47.6 Å². The number of rotatable bonds is 6. The van der Waals surface area contributed by atoms with E-state index in [4.69, 9.17) is 9.47 Å². The third-order valence-corrected chi connectivity index (χ3v) is 3.53. The van der Waals surface area contributed by atoms with Gasteiger partial charge in [0.2, 0.25) is 0 Å². The minimum Gasteiger partial charge on any atom is -0.493 e. The van der Waals surface area contributed by atoms with Crippen LogP contribution in [-0.4, -0.2) is 20.0 Å². The molecule has 0 saturated carbocycles. The van der Waals surface area contributed by atoms with E-state index in [-0.39, 0.29) is 5.78 Å². The number of aryl methyl sites for hydroxylation is 2. The lowest BCUT2D eigenvalue weighted by atomic mass is 10.0. The van der Waals surface area contributed by atoms with Crippen LogP contribution in [0.15, 0.2) is 48.7 Å². The quantitative estimate of drug-likeness (QED) is 0.643. The molecule has 120 valence electrons. The summed E-state index contributed by atoms with van der Waals surface area (Å²) in [6.45, 7) is 3.91. The van der Waals surface area contributed by atoms with Gasteiger partial charge in [0.1, 0.15) is 0 Å². The molecule has 0 bridgehead atoms. The van der Waals surface area contributed by atoms with Crippen LogP contribution < -0.4 is 14.8 Å². The molecule has 0 saturated heterocycles. The highest BCUT2D eigenvalue weighted by Gasteiger charge is 2.06. The fourth-order valence-corrected chi connectivity index (χ4v) is 2.23. The molecule has 0 aromatic heterocycles. The Hall–Kier alpha value is -2.75. The summed E-state index contributed by atoms with van der Waals surface area (Å²) in [6, 6.07) is 11.3. The summed E-state index contributed by atoms with van der Waals surface area (Å²) in [5, 5.41) is 3.07. The number of methoxy groups -OCH3 is 2. The van der Waals surface area contributed by atoms with Crippen LogP contribution in [0.25, 0.3) is 0 Å². The Bertz CT molecular complexity index is 735. The fraction of sp³-hybridized carbons (Fsp3) is 0.211. The number of hydrogen-bond donors (Lipinski definition) is 1. The molecule has 0 amide bonds. The molecule has 0 aliphatic rings. The molecule has 0 atom stereocenters. The van der Waals surface area contributed by atoms with Crippen molar-refractivity contribution in [1.29, 1.82) is 0 Å². The first-order chi connectivity index (χ1) is 11.0. The van der Waals surface area contributed by atoms with E-state index in [0.717, 1.165) is 22.4 Å². The summed E-state index contributed by atoms with van der Waals surface area (Å²) < 4.78 is 10.4. The number of anilines is 1. The first-order valence-electron chi connectivity index (χ1n) is 7.32. The Morgan fingerprint density at radius 1 is 1.00 bits per heavy atom. The highest BCUT2D eigenvalue weighted by atomic mass is 16.5. The van der Waals surface area contributed by atoms with Crippen LogP contribution in [-0.2, 0) is 0 Å². The minimum atomic E-state index is -0.0285. The number of nitrogens with one attached hydrogen (secondary N) is 1. The van der Waals surface area contributed by atoms with Gasteiger partial charge in [-0.3, -0.25) is 4.79 Å². The average molecular weight is 311 g/mol. The standard InChI is InChI=1S/C19H21NO3/c1-13-5-6-14(2)16(11-13)17(21)9-10-20-15-7-8-18(22-3)19(12-15)23-4/h5-12,20H,1-4H3. The van der Waals surface area contributed by atoms with E-state index in [1.165, 1.54) is 6.08 Å². The van der Waals surface area contributed by atoms with Crippen LogP contribution in [0.5, 0.6) is 11.5 Å². The zero-order chi connectivity index (χ0) is 16.8.